The molecule has 0 aliphatic carbocycles. The highest BCUT2D eigenvalue weighted by Crippen LogP contribution is 2.26. The predicted octanol–water partition coefficient (Wildman–Crippen LogP) is 5.44. The predicted molar refractivity (Wildman–Crippen MR) is 202 cm³/mol. The molecule has 0 radical (unpaired) electrons. The van der Waals surface area contributed by atoms with E-state index in [1.54, 1.807) is 67.5 Å². The van der Waals surface area contributed by atoms with Crippen LogP contribution in [0.4, 0.5) is 0 Å². The summed E-state index contributed by atoms with van der Waals surface area (Å²) in [6.45, 7) is 27.7. The van der Waals surface area contributed by atoms with Crippen LogP contribution in [-0.2, 0) is 43.0 Å². The molecule has 1 aromatic rings. The van der Waals surface area contributed by atoms with Gasteiger partial charge in [0.2, 0.25) is 5.91 Å². The molecule has 0 saturated carbocycles. The Morgan fingerprint density at radius 1 is 0.604 bits per heavy atom. The number of benzene rings is 1. The lowest BCUT2D eigenvalue weighted by Gasteiger charge is -2.31. The quantitative estimate of drug-likeness (QED) is 0.156. The lowest BCUT2D eigenvalue weighted by atomic mass is 10.1. The smallest absolute Gasteiger partial charge is 0.331 e. The standard InChI is InChI=1S/C23H32N2O7.C15H28BrNO4/c1-21(2,3)30-13-16(19(28)31-22(4,5)6)24-20(29)23(7,8)32-25-17(26)14-11-9-10-12-15(14)18(25)27;1-13(2,3)20-9-10(11(18)21-14(4,5)6)17-12(19)15(7,8)16/h9-12,16H,13H2,1-8H3,(H,24,29);10H,9H2,1-8H3,(H,17,19). The number of hydrogen-bond donors (Lipinski definition) is 2. The molecule has 14 nitrogen and oxygen atoms in total. The molecule has 1 aromatic carbocycles. The summed E-state index contributed by atoms with van der Waals surface area (Å²) in [5, 5.41) is 5.80. The molecule has 4 amide bonds. The van der Waals surface area contributed by atoms with Gasteiger partial charge in [0.05, 0.1) is 39.9 Å². The normalized spacial score (nSPS) is 15.1. The van der Waals surface area contributed by atoms with Gasteiger partial charge in [-0.15, -0.1) is 5.06 Å². The average molecular weight is 815 g/mol. The summed E-state index contributed by atoms with van der Waals surface area (Å²) < 4.78 is 21.2. The van der Waals surface area contributed by atoms with Crippen molar-refractivity contribution >= 4 is 51.5 Å². The van der Waals surface area contributed by atoms with E-state index >= 15 is 0 Å². The number of alkyl halides is 1. The first-order chi connectivity index (χ1) is 23.6. The van der Waals surface area contributed by atoms with E-state index in [0.717, 1.165) is 0 Å². The largest absolute Gasteiger partial charge is 0.458 e. The molecule has 1 aliphatic rings. The molecule has 2 atom stereocenters. The van der Waals surface area contributed by atoms with Crippen LogP contribution < -0.4 is 10.6 Å². The molecule has 300 valence electrons. The van der Waals surface area contributed by atoms with Crippen LogP contribution in [0.2, 0.25) is 0 Å². The molecule has 0 bridgehead atoms. The van der Waals surface area contributed by atoms with E-state index in [0.29, 0.717) is 5.06 Å². The summed E-state index contributed by atoms with van der Waals surface area (Å²) in [6.07, 6.45) is 0. The molecule has 1 heterocycles. The Bertz CT molecular complexity index is 1460. The molecule has 0 saturated heterocycles. The molecular formula is C38H60BrN3O11. The monoisotopic (exact) mass is 813 g/mol. The molecule has 2 unspecified atom stereocenters. The van der Waals surface area contributed by atoms with Crippen LogP contribution in [-0.4, -0.2) is 98.3 Å². The third-order valence-corrected chi connectivity index (χ3v) is 6.88. The van der Waals surface area contributed by atoms with Gasteiger partial charge in [-0.05, 0) is 123 Å². The lowest BCUT2D eigenvalue weighted by Crippen LogP contribution is -2.56. The van der Waals surface area contributed by atoms with Crippen LogP contribution in [0.25, 0.3) is 0 Å². The van der Waals surface area contributed by atoms with Crippen molar-refractivity contribution in [3.05, 3.63) is 35.4 Å². The zero-order valence-corrected chi connectivity index (χ0v) is 35.8. The second-order valence-electron chi connectivity index (χ2n) is 17.5. The molecule has 1 aliphatic heterocycles. The molecular weight excluding hydrogens is 754 g/mol. The zero-order valence-electron chi connectivity index (χ0n) is 34.2. The Morgan fingerprint density at radius 2 is 0.943 bits per heavy atom. The molecule has 0 fully saturated rings. The third kappa shape index (κ3) is 17.1. The molecule has 53 heavy (non-hydrogen) atoms. The van der Waals surface area contributed by atoms with E-state index < -0.39 is 74.1 Å². The van der Waals surface area contributed by atoms with Gasteiger partial charge in [0, 0.05) is 0 Å². The fourth-order valence-corrected chi connectivity index (χ4v) is 4.05. The Hall–Kier alpha value is -3.40. The van der Waals surface area contributed by atoms with Crippen molar-refractivity contribution in [3.8, 4) is 0 Å². The van der Waals surface area contributed by atoms with Crippen LogP contribution in [0.15, 0.2) is 24.3 Å². The molecule has 2 rings (SSSR count). The summed E-state index contributed by atoms with van der Waals surface area (Å²) in [6, 6.07) is 4.32. The highest BCUT2D eigenvalue weighted by Gasteiger charge is 2.44. The number of carbonyl (C=O) groups is 6. The van der Waals surface area contributed by atoms with E-state index in [2.05, 4.69) is 26.6 Å². The maximum absolute atomic E-state index is 13.0. The Morgan fingerprint density at radius 3 is 1.25 bits per heavy atom. The fraction of sp³-hybridized carbons (Fsp3) is 0.684. The van der Waals surface area contributed by atoms with Gasteiger partial charge < -0.3 is 29.6 Å². The number of hydrogen-bond acceptors (Lipinski definition) is 11. The Labute approximate surface area is 322 Å². The highest BCUT2D eigenvalue weighted by molar-refractivity contribution is 9.10. The molecule has 15 heteroatoms. The number of halogens is 1. The van der Waals surface area contributed by atoms with Crippen LogP contribution in [0.1, 0.15) is 131 Å². The van der Waals surface area contributed by atoms with Crippen molar-refractivity contribution < 1.29 is 52.6 Å². The van der Waals surface area contributed by atoms with Gasteiger partial charge in [-0.3, -0.25) is 19.2 Å². The number of amides is 4. The molecule has 2 N–H and O–H groups in total. The van der Waals surface area contributed by atoms with Crippen molar-refractivity contribution in [2.45, 2.75) is 155 Å². The Balaban J connectivity index is 0.000000582. The van der Waals surface area contributed by atoms with Gasteiger partial charge >= 0.3 is 11.9 Å². The minimum Gasteiger partial charge on any atom is -0.458 e. The first-order valence-corrected chi connectivity index (χ1v) is 18.1. The van der Waals surface area contributed by atoms with Crippen molar-refractivity contribution in [1.82, 2.24) is 15.7 Å². The summed E-state index contributed by atoms with van der Waals surface area (Å²) in [5.41, 5.74) is -3.63. The number of fused-ring (bicyclic) bond motifs is 1. The van der Waals surface area contributed by atoms with Crippen molar-refractivity contribution in [3.63, 3.8) is 0 Å². The summed E-state index contributed by atoms with van der Waals surface area (Å²) in [7, 11) is 0. The second-order valence-corrected chi connectivity index (χ2v) is 19.5. The Kier molecular flexibility index (Phi) is 16.0. The number of carbonyl (C=O) groups excluding carboxylic acids is 6. The van der Waals surface area contributed by atoms with Crippen molar-refractivity contribution in [2.24, 2.45) is 0 Å². The summed E-state index contributed by atoms with van der Waals surface area (Å²) >= 11 is 3.27. The van der Waals surface area contributed by atoms with E-state index in [9.17, 15) is 28.8 Å². The van der Waals surface area contributed by atoms with E-state index in [-0.39, 0.29) is 30.2 Å². The van der Waals surface area contributed by atoms with Gasteiger partial charge in [-0.25, -0.2) is 14.4 Å². The van der Waals surface area contributed by atoms with Crippen LogP contribution in [0.5, 0.6) is 0 Å². The topological polar surface area (TPSA) is 176 Å². The van der Waals surface area contributed by atoms with Crippen LogP contribution in [0.3, 0.4) is 0 Å². The first-order valence-electron chi connectivity index (χ1n) is 17.3. The number of esters is 2. The minimum absolute atomic E-state index is 0.0627. The number of rotatable bonds is 12. The lowest BCUT2D eigenvalue weighted by molar-refractivity contribution is -0.188. The number of imide groups is 1. The summed E-state index contributed by atoms with van der Waals surface area (Å²) in [5.74, 6) is -3.51. The fourth-order valence-electron chi connectivity index (χ4n) is 3.93. The van der Waals surface area contributed by atoms with Crippen LogP contribution >= 0.6 is 15.9 Å². The number of nitrogens with zero attached hydrogens (tertiary/aromatic N) is 1. The zero-order chi connectivity index (χ0) is 41.5. The summed E-state index contributed by atoms with van der Waals surface area (Å²) in [4.78, 5) is 80.6. The van der Waals surface area contributed by atoms with E-state index in [4.69, 9.17) is 23.8 Å². The highest BCUT2D eigenvalue weighted by atomic mass is 79.9. The maximum Gasteiger partial charge on any atom is 0.331 e. The van der Waals surface area contributed by atoms with Crippen molar-refractivity contribution in [2.75, 3.05) is 13.2 Å². The molecule has 0 aromatic heterocycles. The second kappa shape index (κ2) is 17.8. The van der Waals surface area contributed by atoms with Gasteiger partial charge in [-0.1, -0.05) is 28.1 Å². The first kappa shape index (κ1) is 47.6. The average Bonchev–Trinajstić information content (AvgIpc) is 3.18. The van der Waals surface area contributed by atoms with Crippen molar-refractivity contribution in [1.29, 1.82) is 0 Å². The van der Waals surface area contributed by atoms with Gasteiger partial charge in [0.15, 0.2) is 17.7 Å². The van der Waals surface area contributed by atoms with E-state index in [1.165, 1.54) is 26.0 Å². The minimum atomic E-state index is -1.66. The van der Waals surface area contributed by atoms with Gasteiger partial charge in [0.1, 0.15) is 11.2 Å². The van der Waals surface area contributed by atoms with Gasteiger partial charge in [0.25, 0.3) is 17.7 Å². The molecule has 0 spiro atoms. The number of ether oxygens (including phenoxy) is 4. The van der Waals surface area contributed by atoms with Crippen LogP contribution in [0, 0.1) is 0 Å². The number of hydroxylamine groups is 2. The van der Waals surface area contributed by atoms with E-state index in [1.807, 2.05) is 41.5 Å². The SMILES string of the molecule is CC(C)(C)OCC(NC(=O)C(C)(C)Br)C(=O)OC(C)(C)C.CC(C)(C)OCC(NC(=O)C(C)(C)ON1C(=O)c2ccccc2C1=O)C(=O)OC(C)(C)C. The maximum atomic E-state index is 13.0. The number of nitrogens with one attached hydrogen (secondary N) is 2. The van der Waals surface area contributed by atoms with Gasteiger partial charge in [-0.2, -0.15) is 0 Å². The third-order valence-electron chi connectivity index (χ3n) is 6.52.